The number of hydrogen-bond donors (Lipinski definition) is 5. The predicted molar refractivity (Wildman–Crippen MR) is 206 cm³/mol. The van der Waals surface area contributed by atoms with Gasteiger partial charge in [-0.1, -0.05) is 66.7 Å². The average Bonchev–Trinajstić information content (AvgIpc) is 3.97. The van der Waals surface area contributed by atoms with Crippen LogP contribution in [0.25, 0.3) is 90.9 Å². The Morgan fingerprint density at radius 1 is 0.333 bits per heavy atom. The molecule has 7 nitrogen and oxygen atoms in total. The molecular weight excluding hydrogens is 633 g/mol. The summed E-state index contributed by atoms with van der Waals surface area (Å²) >= 11 is 0. The smallest absolute Gasteiger partial charge is 0.116 e. The molecule has 244 valence electrons. The molecule has 7 heteroatoms. The van der Waals surface area contributed by atoms with Gasteiger partial charge in [-0.05, 0) is 107 Å². The van der Waals surface area contributed by atoms with Crippen molar-refractivity contribution in [1.29, 1.82) is 0 Å². The average molecular weight is 663 g/mol. The van der Waals surface area contributed by atoms with E-state index in [-0.39, 0.29) is 17.2 Å². The number of fused-ring (bicyclic) bond motifs is 8. The maximum Gasteiger partial charge on any atom is 0.116 e. The molecule has 0 aliphatic carbocycles. The predicted octanol–water partition coefficient (Wildman–Crippen LogP) is 10.4. The number of nitrogens with one attached hydrogen (secondary N) is 2. The first-order chi connectivity index (χ1) is 25.0. The van der Waals surface area contributed by atoms with Crippen molar-refractivity contribution in [3.63, 3.8) is 0 Å². The Bertz CT molecular complexity index is 2690. The lowest BCUT2D eigenvalue weighted by Crippen LogP contribution is -1.89. The summed E-state index contributed by atoms with van der Waals surface area (Å²) in [6.07, 6.45) is 8.00. The molecule has 5 heterocycles. The summed E-state index contributed by atoms with van der Waals surface area (Å²) in [5, 5.41) is 31.7. The molecule has 0 spiro atoms. The SMILES string of the molecule is Oc1cccc(-c2c3nc(c(-c4cccc(O)c4)c4ccc([nH]4)c(-c4cccc(O)c4)c4nc(c(-c5ccccc5)c5ccc2[nH]5)C=C4)C=C3)c1. The highest BCUT2D eigenvalue weighted by molar-refractivity contribution is 6.00. The molecule has 2 aliphatic heterocycles. The number of aromatic nitrogens is 4. The normalized spacial score (nSPS) is 12.0. The number of phenols is 3. The van der Waals surface area contributed by atoms with Gasteiger partial charge in [-0.25, -0.2) is 9.97 Å². The first-order valence-corrected chi connectivity index (χ1v) is 16.6. The molecule has 7 aromatic rings. The highest BCUT2D eigenvalue weighted by Crippen LogP contribution is 2.39. The summed E-state index contributed by atoms with van der Waals surface area (Å²) in [5.74, 6) is 0.448. The van der Waals surface area contributed by atoms with Gasteiger partial charge in [-0.3, -0.25) is 0 Å². The molecule has 0 radical (unpaired) electrons. The quantitative estimate of drug-likeness (QED) is 0.129. The van der Waals surface area contributed by atoms with Crippen LogP contribution < -0.4 is 0 Å². The van der Waals surface area contributed by atoms with Crippen LogP contribution in [-0.4, -0.2) is 35.3 Å². The summed E-state index contributed by atoms with van der Waals surface area (Å²) in [5.41, 5.74) is 12.9. The number of nitrogens with zero attached hydrogens (tertiary/aromatic N) is 2. The fraction of sp³-hybridized carbons (Fsp3) is 0. The lowest BCUT2D eigenvalue weighted by Gasteiger charge is -2.07. The van der Waals surface area contributed by atoms with E-state index in [1.54, 1.807) is 36.4 Å². The van der Waals surface area contributed by atoms with E-state index in [2.05, 4.69) is 28.2 Å². The third-order valence-corrected chi connectivity index (χ3v) is 9.22. The Labute approximate surface area is 292 Å². The summed E-state index contributed by atoms with van der Waals surface area (Å²) in [4.78, 5) is 17.8. The number of aromatic hydroxyl groups is 3. The zero-order valence-electron chi connectivity index (χ0n) is 27.2. The summed E-state index contributed by atoms with van der Waals surface area (Å²) in [6.45, 7) is 0. The van der Waals surface area contributed by atoms with E-state index in [9.17, 15) is 15.3 Å². The lowest BCUT2D eigenvalue weighted by molar-refractivity contribution is 0.475. The Kier molecular flexibility index (Phi) is 7.10. The molecule has 2 aliphatic rings. The molecule has 3 aromatic heterocycles. The van der Waals surface area contributed by atoms with Gasteiger partial charge in [0.15, 0.2) is 0 Å². The van der Waals surface area contributed by atoms with Gasteiger partial charge < -0.3 is 25.3 Å². The molecular formula is C44H30N4O3. The summed E-state index contributed by atoms with van der Waals surface area (Å²) < 4.78 is 0. The first kappa shape index (κ1) is 30.0. The number of rotatable bonds is 4. The second-order valence-corrected chi connectivity index (χ2v) is 12.5. The number of H-pyrrole nitrogens is 2. The third-order valence-electron chi connectivity index (χ3n) is 9.22. The standard InChI is InChI=1S/C44H30N4O3/c49-30-12-4-9-27(23-30)42-35-17-15-33(45-35)41(26-7-2-1-3-8-26)34-16-18-36(46-34)43(28-10-5-13-31(50)24-28)38-20-22-40(48-38)44(39-21-19-37(42)47-39)29-11-6-14-32(51)25-29/h1-25,45,48-51H. The van der Waals surface area contributed by atoms with Crippen molar-refractivity contribution in [2.24, 2.45) is 0 Å². The molecule has 9 rings (SSSR count). The molecule has 0 saturated carbocycles. The molecule has 0 unspecified atom stereocenters. The minimum Gasteiger partial charge on any atom is -0.508 e. The highest BCUT2D eigenvalue weighted by Gasteiger charge is 2.19. The Morgan fingerprint density at radius 2 is 0.647 bits per heavy atom. The lowest BCUT2D eigenvalue weighted by atomic mass is 10.0. The molecule has 51 heavy (non-hydrogen) atoms. The van der Waals surface area contributed by atoms with E-state index in [0.29, 0.717) is 11.4 Å². The largest absolute Gasteiger partial charge is 0.508 e. The van der Waals surface area contributed by atoms with E-state index in [1.165, 1.54) is 0 Å². The third kappa shape index (κ3) is 5.43. The van der Waals surface area contributed by atoms with Crippen LogP contribution >= 0.6 is 0 Å². The van der Waals surface area contributed by atoms with Gasteiger partial charge in [0.1, 0.15) is 17.2 Å². The molecule has 0 fully saturated rings. The van der Waals surface area contributed by atoms with Crippen molar-refractivity contribution < 1.29 is 15.3 Å². The van der Waals surface area contributed by atoms with Crippen LogP contribution in [0.15, 0.2) is 127 Å². The highest BCUT2D eigenvalue weighted by atomic mass is 16.3. The molecule has 5 N–H and O–H groups in total. The van der Waals surface area contributed by atoms with Crippen LogP contribution in [0.5, 0.6) is 17.2 Å². The minimum atomic E-state index is 0.141. The van der Waals surface area contributed by atoms with Gasteiger partial charge in [0, 0.05) is 44.3 Å². The van der Waals surface area contributed by atoms with Gasteiger partial charge in [0.25, 0.3) is 0 Å². The van der Waals surface area contributed by atoms with Crippen LogP contribution in [0.4, 0.5) is 0 Å². The fourth-order valence-electron chi connectivity index (χ4n) is 7.01. The monoisotopic (exact) mass is 662 g/mol. The van der Waals surface area contributed by atoms with Gasteiger partial charge in [0.05, 0.1) is 22.8 Å². The maximum absolute atomic E-state index is 10.6. The number of aromatic amines is 2. The van der Waals surface area contributed by atoms with Crippen molar-refractivity contribution >= 4 is 46.4 Å². The van der Waals surface area contributed by atoms with Crippen LogP contribution in [0.1, 0.15) is 22.8 Å². The topological polar surface area (TPSA) is 118 Å². The van der Waals surface area contributed by atoms with Crippen molar-refractivity contribution in [3.05, 3.63) is 150 Å². The Balaban J connectivity index is 1.49. The van der Waals surface area contributed by atoms with E-state index < -0.39 is 0 Å². The van der Waals surface area contributed by atoms with Crippen molar-refractivity contribution in [2.75, 3.05) is 0 Å². The number of benzene rings is 4. The molecule has 0 atom stereocenters. The van der Waals surface area contributed by atoms with Crippen LogP contribution in [0.3, 0.4) is 0 Å². The second kappa shape index (κ2) is 12.1. The number of hydrogen-bond acceptors (Lipinski definition) is 5. The van der Waals surface area contributed by atoms with Gasteiger partial charge in [0.2, 0.25) is 0 Å². The maximum atomic E-state index is 10.6. The van der Waals surface area contributed by atoms with Crippen LogP contribution in [0, 0.1) is 0 Å². The van der Waals surface area contributed by atoms with E-state index in [4.69, 9.17) is 9.97 Å². The number of phenolic OH excluding ortho intramolecular Hbond substituents is 3. The zero-order chi connectivity index (χ0) is 34.5. The Hall–Kier alpha value is -7.12. The van der Waals surface area contributed by atoms with Gasteiger partial charge in [-0.2, -0.15) is 0 Å². The fourth-order valence-corrected chi connectivity index (χ4v) is 7.01. The molecule has 4 aromatic carbocycles. The summed E-state index contributed by atoms with van der Waals surface area (Å²) in [6, 6.07) is 39.8. The van der Waals surface area contributed by atoms with Crippen molar-refractivity contribution in [3.8, 4) is 61.8 Å². The van der Waals surface area contributed by atoms with E-state index in [1.807, 2.05) is 97.1 Å². The molecule has 0 amide bonds. The Morgan fingerprint density at radius 3 is 0.980 bits per heavy atom. The van der Waals surface area contributed by atoms with Crippen molar-refractivity contribution in [2.45, 2.75) is 0 Å². The zero-order valence-corrected chi connectivity index (χ0v) is 27.2. The van der Waals surface area contributed by atoms with E-state index in [0.717, 1.165) is 78.0 Å². The van der Waals surface area contributed by atoms with Gasteiger partial charge >= 0.3 is 0 Å². The minimum absolute atomic E-state index is 0.141. The van der Waals surface area contributed by atoms with Crippen LogP contribution in [0.2, 0.25) is 0 Å². The summed E-state index contributed by atoms with van der Waals surface area (Å²) in [7, 11) is 0. The molecule has 0 saturated heterocycles. The molecule has 8 bridgehead atoms. The van der Waals surface area contributed by atoms with Crippen molar-refractivity contribution in [1.82, 2.24) is 19.9 Å². The van der Waals surface area contributed by atoms with Gasteiger partial charge in [-0.15, -0.1) is 0 Å². The second-order valence-electron chi connectivity index (χ2n) is 12.5. The van der Waals surface area contributed by atoms with Crippen LogP contribution in [-0.2, 0) is 0 Å². The van der Waals surface area contributed by atoms with E-state index >= 15 is 0 Å². The first-order valence-electron chi connectivity index (χ1n) is 16.6.